The minimum atomic E-state index is 0.350. The Morgan fingerprint density at radius 1 is 1.29 bits per heavy atom. The number of hydrogen-bond donors (Lipinski definition) is 1. The minimum Gasteiger partial charge on any atom is -0.384 e. The second kappa shape index (κ2) is 3.71. The van der Waals surface area contributed by atoms with Crippen molar-refractivity contribution in [2.75, 3.05) is 5.73 Å². The lowest BCUT2D eigenvalue weighted by molar-refractivity contribution is 0.422. The molecule has 0 aromatic carbocycles. The zero-order valence-corrected chi connectivity index (χ0v) is 8.69. The van der Waals surface area contributed by atoms with E-state index in [9.17, 15) is 0 Å². The number of aromatic nitrogens is 5. The van der Waals surface area contributed by atoms with Gasteiger partial charge in [-0.1, -0.05) is 5.16 Å². The number of nitrogens with zero attached hydrogens (tertiary/aromatic N) is 5. The Kier molecular flexibility index (Phi) is 2.08. The molecule has 0 bridgehead atoms. The fraction of sp³-hybridized carbons (Fsp3) is 0. The van der Waals surface area contributed by atoms with Crippen LogP contribution in [0.2, 0.25) is 0 Å². The summed E-state index contributed by atoms with van der Waals surface area (Å²) in [6.07, 6.45) is 4.89. The maximum absolute atomic E-state index is 5.72. The van der Waals surface area contributed by atoms with Gasteiger partial charge in [0.1, 0.15) is 12.1 Å². The number of hydrogen-bond acceptors (Lipinski definition) is 6. The predicted octanol–water partition coefficient (Wildman–Crippen LogP) is 0.899. The fourth-order valence-electron chi connectivity index (χ4n) is 1.42. The molecule has 7 heteroatoms. The van der Waals surface area contributed by atoms with Crippen LogP contribution < -0.4 is 5.73 Å². The molecule has 0 saturated carbocycles. The maximum Gasteiger partial charge on any atom is 0.185 e. The number of nitrogen functional groups attached to an aromatic ring is 1. The first-order valence-corrected chi connectivity index (χ1v) is 4.88. The van der Waals surface area contributed by atoms with Crippen LogP contribution in [0.4, 0.5) is 5.82 Å². The quantitative estimate of drug-likeness (QED) is 0.700. The van der Waals surface area contributed by atoms with Crippen LogP contribution in [-0.2, 0) is 0 Å². The van der Waals surface area contributed by atoms with Crippen LogP contribution in [-0.4, -0.2) is 24.9 Å². The first-order chi connectivity index (χ1) is 8.33. The largest absolute Gasteiger partial charge is 0.384 e. The molecular formula is C10H8N6O. The summed E-state index contributed by atoms with van der Waals surface area (Å²) in [4.78, 5) is 8.39. The summed E-state index contributed by atoms with van der Waals surface area (Å²) < 4.78 is 6.34. The van der Waals surface area contributed by atoms with E-state index in [2.05, 4.69) is 20.2 Å². The predicted molar refractivity (Wildman–Crippen MR) is 59.1 cm³/mol. The molecule has 0 amide bonds. The van der Waals surface area contributed by atoms with Crippen LogP contribution in [0.25, 0.3) is 17.3 Å². The zero-order valence-electron chi connectivity index (χ0n) is 8.69. The molecule has 0 radical (unpaired) electrons. The van der Waals surface area contributed by atoms with Gasteiger partial charge in [0.15, 0.2) is 17.3 Å². The highest BCUT2D eigenvalue weighted by Crippen LogP contribution is 2.16. The fourth-order valence-corrected chi connectivity index (χ4v) is 1.42. The van der Waals surface area contributed by atoms with Gasteiger partial charge in [-0.05, 0) is 6.07 Å². The highest BCUT2D eigenvalue weighted by Gasteiger charge is 2.09. The Labute approximate surface area is 95.9 Å². The first kappa shape index (κ1) is 9.52. The van der Waals surface area contributed by atoms with E-state index in [4.69, 9.17) is 10.3 Å². The summed E-state index contributed by atoms with van der Waals surface area (Å²) >= 11 is 0. The van der Waals surface area contributed by atoms with Gasteiger partial charge in [-0.3, -0.25) is 0 Å². The average molecular weight is 228 g/mol. The molecule has 3 rings (SSSR count). The average Bonchev–Trinajstić information content (AvgIpc) is 3.02. The Morgan fingerprint density at radius 3 is 2.94 bits per heavy atom. The van der Waals surface area contributed by atoms with Gasteiger partial charge >= 0.3 is 0 Å². The summed E-state index contributed by atoms with van der Waals surface area (Å²) in [5, 5.41) is 7.84. The standard InChI is InChI=1S/C10H8N6O/c11-8-6-9(16-4-1-3-12-16)14-10(13-8)7-2-5-17-15-7/h1-6H,(H2,11,13,14). The van der Waals surface area contributed by atoms with E-state index >= 15 is 0 Å². The molecule has 0 aliphatic heterocycles. The van der Waals surface area contributed by atoms with Crippen molar-refractivity contribution < 1.29 is 4.52 Å². The summed E-state index contributed by atoms with van der Waals surface area (Å²) in [7, 11) is 0. The van der Waals surface area contributed by atoms with E-state index in [1.165, 1.54) is 6.26 Å². The third-order valence-corrected chi connectivity index (χ3v) is 2.14. The Bertz CT molecular complexity index is 564. The van der Waals surface area contributed by atoms with Crippen molar-refractivity contribution >= 4 is 5.82 Å². The molecule has 3 aromatic rings. The zero-order chi connectivity index (χ0) is 11.7. The van der Waals surface area contributed by atoms with Crippen molar-refractivity contribution in [3.05, 3.63) is 36.9 Å². The molecule has 84 valence electrons. The van der Waals surface area contributed by atoms with Crippen LogP contribution in [0.3, 0.4) is 0 Å². The number of nitrogens with two attached hydrogens (primary N) is 1. The van der Waals surface area contributed by atoms with Crippen LogP contribution in [0.1, 0.15) is 0 Å². The van der Waals surface area contributed by atoms with Gasteiger partial charge in [0, 0.05) is 24.5 Å². The molecule has 0 saturated heterocycles. The molecule has 3 aromatic heterocycles. The van der Waals surface area contributed by atoms with Gasteiger partial charge in [0.2, 0.25) is 0 Å². The van der Waals surface area contributed by atoms with Crippen LogP contribution in [0.5, 0.6) is 0 Å². The second-order valence-corrected chi connectivity index (χ2v) is 3.31. The molecule has 0 fully saturated rings. The molecular weight excluding hydrogens is 220 g/mol. The summed E-state index contributed by atoms with van der Waals surface area (Å²) in [6, 6.07) is 5.10. The third-order valence-electron chi connectivity index (χ3n) is 2.14. The van der Waals surface area contributed by atoms with Crippen molar-refractivity contribution in [3.8, 4) is 17.3 Å². The van der Waals surface area contributed by atoms with Crippen molar-refractivity contribution in [1.82, 2.24) is 24.9 Å². The lowest BCUT2D eigenvalue weighted by Crippen LogP contribution is -2.03. The summed E-state index contributed by atoms with van der Waals surface area (Å²) in [6.45, 7) is 0. The van der Waals surface area contributed by atoms with Crippen molar-refractivity contribution in [2.24, 2.45) is 0 Å². The van der Waals surface area contributed by atoms with Gasteiger partial charge in [-0.2, -0.15) is 5.10 Å². The number of anilines is 1. The van der Waals surface area contributed by atoms with Crippen molar-refractivity contribution in [1.29, 1.82) is 0 Å². The van der Waals surface area contributed by atoms with E-state index in [0.717, 1.165) is 0 Å². The summed E-state index contributed by atoms with van der Waals surface area (Å²) in [5.41, 5.74) is 6.25. The van der Waals surface area contributed by atoms with Gasteiger partial charge in [0.05, 0.1) is 0 Å². The van der Waals surface area contributed by atoms with Crippen molar-refractivity contribution in [2.45, 2.75) is 0 Å². The van der Waals surface area contributed by atoms with Crippen LogP contribution in [0.15, 0.2) is 41.4 Å². The van der Waals surface area contributed by atoms with E-state index in [-0.39, 0.29) is 0 Å². The molecule has 17 heavy (non-hydrogen) atoms. The smallest absolute Gasteiger partial charge is 0.185 e. The minimum absolute atomic E-state index is 0.350. The van der Waals surface area contributed by atoms with Crippen LogP contribution >= 0.6 is 0 Å². The van der Waals surface area contributed by atoms with E-state index in [1.807, 2.05) is 0 Å². The SMILES string of the molecule is Nc1cc(-n2cccn2)nc(-c2ccon2)n1. The molecule has 0 aliphatic rings. The molecule has 0 aliphatic carbocycles. The molecule has 0 spiro atoms. The van der Waals surface area contributed by atoms with Gasteiger partial charge < -0.3 is 10.3 Å². The molecule has 2 N–H and O–H groups in total. The lowest BCUT2D eigenvalue weighted by atomic mass is 10.4. The van der Waals surface area contributed by atoms with E-state index in [1.54, 1.807) is 35.3 Å². The first-order valence-electron chi connectivity index (χ1n) is 4.88. The molecule has 3 heterocycles. The summed E-state index contributed by atoms with van der Waals surface area (Å²) in [5.74, 6) is 1.34. The Balaban J connectivity index is 2.13. The topological polar surface area (TPSA) is 95.7 Å². The Hall–Kier alpha value is -2.70. The van der Waals surface area contributed by atoms with E-state index < -0.39 is 0 Å². The highest BCUT2D eigenvalue weighted by molar-refractivity contribution is 5.53. The molecule has 0 unspecified atom stereocenters. The highest BCUT2D eigenvalue weighted by atomic mass is 16.5. The van der Waals surface area contributed by atoms with E-state index in [0.29, 0.717) is 23.2 Å². The van der Waals surface area contributed by atoms with Crippen molar-refractivity contribution in [3.63, 3.8) is 0 Å². The number of rotatable bonds is 2. The molecule has 7 nitrogen and oxygen atoms in total. The lowest BCUT2D eigenvalue weighted by Gasteiger charge is -2.03. The Morgan fingerprint density at radius 2 is 2.24 bits per heavy atom. The normalized spacial score (nSPS) is 10.6. The molecule has 0 atom stereocenters. The van der Waals surface area contributed by atoms with Gasteiger partial charge in [-0.15, -0.1) is 0 Å². The monoisotopic (exact) mass is 228 g/mol. The third kappa shape index (κ3) is 1.73. The van der Waals surface area contributed by atoms with Gasteiger partial charge in [-0.25, -0.2) is 14.6 Å². The maximum atomic E-state index is 5.72. The van der Waals surface area contributed by atoms with Gasteiger partial charge in [0.25, 0.3) is 0 Å². The van der Waals surface area contributed by atoms with Crippen LogP contribution in [0, 0.1) is 0 Å². The second-order valence-electron chi connectivity index (χ2n) is 3.31.